The molecule has 1 saturated carbocycles. The van der Waals surface area contributed by atoms with E-state index >= 15 is 0 Å². The van der Waals surface area contributed by atoms with Crippen molar-refractivity contribution in [3.8, 4) is 6.07 Å². The standard InChI is InChI=1S/C16H23N3/c1-16(2,3)18-11-12-5-8-15(13(9-12)10-17)19(4)14-6-7-14/h5,8-9,14,18H,6-7,11H2,1-4H3. The molecule has 1 aliphatic carbocycles. The zero-order chi connectivity index (χ0) is 14.0. The quantitative estimate of drug-likeness (QED) is 0.901. The first kappa shape index (κ1) is 13.9. The second-order valence-electron chi connectivity index (χ2n) is 6.41. The van der Waals surface area contributed by atoms with E-state index in [0.717, 1.165) is 17.8 Å². The van der Waals surface area contributed by atoms with Crippen molar-refractivity contribution in [2.24, 2.45) is 0 Å². The molecule has 102 valence electrons. The van der Waals surface area contributed by atoms with Crippen molar-refractivity contribution in [2.75, 3.05) is 11.9 Å². The Morgan fingerprint density at radius 2 is 2.05 bits per heavy atom. The van der Waals surface area contributed by atoms with Gasteiger partial charge in [-0.25, -0.2) is 0 Å². The molecule has 0 bridgehead atoms. The van der Waals surface area contributed by atoms with E-state index in [4.69, 9.17) is 0 Å². The first-order valence-corrected chi connectivity index (χ1v) is 6.91. The Morgan fingerprint density at radius 3 is 2.58 bits per heavy atom. The molecule has 0 atom stereocenters. The molecule has 0 aliphatic heterocycles. The molecule has 0 heterocycles. The molecule has 3 heteroatoms. The second kappa shape index (κ2) is 5.22. The lowest BCUT2D eigenvalue weighted by Gasteiger charge is -2.22. The first-order chi connectivity index (χ1) is 8.90. The first-order valence-electron chi connectivity index (χ1n) is 6.91. The molecule has 3 nitrogen and oxygen atoms in total. The molecule has 0 radical (unpaired) electrons. The van der Waals surface area contributed by atoms with Gasteiger partial charge in [0.2, 0.25) is 0 Å². The van der Waals surface area contributed by atoms with Gasteiger partial charge < -0.3 is 10.2 Å². The molecule has 1 aliphatic rings. The van der Waals surface area contributed by atoms with E-state index in [1.54, 1.807) is 0 Å². The highest BCUT2D eigenvalue weighted by atomic mass is 15.2. The number of nitrogens with one attached hydrogen (secondary N) is 1. The van der Waals surface area contributed by atoms with Gasteiger partial charge in [-0.15, -0.1) is 0 Å². The minimum atomic E-state index is 0.0935. The van der Waals surface area contributed by atoms with E-state index in [1.807, 2.05) is 6.07 Å². The fourth-order valence-corrected chi connectivity index (χ4v) is 2.12. The van der Waals surface area contributed by atoms with Gasteiger partial charge in [-0.3, -0.25) is 0 Å². The SMILES string of the molecule is CN(c1ccc(CNC(C)(C)C)cc1C#N)C1CC1. The topological polar surface area (TPSA) is 39.1 Å². The van der Waals surface area contributed by atoms with Crippen LogP contribution >= 0.6 is 0 Å². The molecule has 0 spiro atoms. The highest BCUT2D eigenvalue weighted by Gasteiger charge is 2.27. The summed E-state index contributed by atoms with van der Waals surface area (Å²) >= 11 is 0. The molecule has 0 amide bonds. The van der Waals surface area contributed by atoms with E-state index in [9.17, 15) is 5.26 Å². The Balaban J connectivity index is 2.14. The molecule has 1 fully saturated rings. The van der Waals surface area contributed by atoms with Gasteiger partial charge in [-0.2, -0.15) is 5.26 Å². The van der Waals surface area contributed by atoms with Gasteiger partial charge in [0.15, 0.2) is 0 Å². The smallest absolute Gasteiger partial charge is 0.101 e. The number of nitrogens with zero attached hydrogens (tertiary/aromatic N) is 2. The zero-order valence-electron chi connectivity index (χ0n) is 12.3. The van der Waals surface area contributed by atoms with Crippen LogP contribution in [0.5, 0.6) is 0 Å². The van der Waals surface area contributed by atoms with Crippen molar-refractivity contribution in [3.63, 3.8) is 0 Å². The summed E-state index contributed by atoms with van der Waals surface area (Å²) in [5.74, 6) is 0. The van der Waals surface area contributed by atoms with Crippen LogP contribution in [0.1, 0.15) is 44.7 Å². The molecule has 1 N–H and O–H groups in total. The molecule has 1 aromatic carbocycles. The largest absolute Gasteiger partial charge is 0.371 e. The lowest BCUT2D eigenvalue weighted by Crippen LogP contribution is -2.35. The predicted molar refractivity (Wildman–Crippen MR) is 79.2 cm³/mol. The Kier molecular flexibility index (Phi) is 3.82. The van der Waals surface area contributed by atoms with Crippen LogP contribution in [0.15, 0.2) is 18.2 Å². The molecular weight excluding hydrogens is 234 g/mol. The van der Waals surface area contributed by atoms with E-state index in [-0.39, 0.29) is 5.54 Å². The predicted octanol–water partition coefficient (Wildman–Crippen LogP) is 3.04. The monoisotopic (exact) mass is 257 g/mol. The van der Waals surface area contributed by atoms with Gasteiger partial charge >= 0.3 is 0 Å². The number of rotatable bonds is 4. The lowest BCUT2D eigenvalue weighted by molar-refractivity contribution is 0.424. The van der Waals surface area contributed by atoms with E-state index in [0.29, 0.717) is 6.04 Å². The van der Waals surface area contributed by atoms with Crippen molar-refractivity contribution < 1.29 is 0 Å². The Morgan fingerprint density at radius 1 is 1.37 bits per heavy atom. The Labute approximate surface area is 116 Å². The van der Waals surface area contributed by atoms with Crippen molar-refractivity contribution >= 4 is 5.69 Å². The van der Waals surface area contributed by atoms with Gasteiger partial charge in [-0.05, 0) is 51.3 Å². The van der Waals surface area contributed by atoms with Crippen molar-refractivity contribution in [1.29, 1.82) is 5.26 Å². The maximum Gasteiger partial charge on any atom is 0.101 e. The van der Waals surface area contributed by atoms with E-state index < -0.39 is 0 Å². The van der Waals surface area contributed by atoms with Crippen LogP contribution in [0.2, 0.25) is 0 Å². The van der Waals surface area contributed by atoms with Crippen LogP contribution in [0.25, 0.3) is 0 Å². The maximum atomic E-state index is 9.32. The molecule has 1 aromatic rings. The second-order valence-corrected chi connectivity index (χ2v) is 6.41. The van der Waals surface area contributed by atoms with Crippen LogP contribution in [0.3, 0.4) is 0 Å². The van der Waals surface area contributed by atoms with Crippen LogP contribution in [-0.4, -0.2) is 18.6 Å². The zero-order valence-corrected chi connectivity index (χ0v) is 12.3. The number of anilines is 1. The van der Waals surface area contributed by atoms with Crippen LogP contribution in [0.4, 0.5) is 5.69 Å². The van der Waals surface area contributed by atoms with Crippen molar-refractivity contribution in [3.05, 3.63) is 29.3 Å². The molecule has 0 aromatic heterocycles. The minimum absolute atomic E-state index is 0.0935. The third kappa shape index (κ3) is 3.71. The van der Waals surface area contributed by atoms with Crippen LogP contribution < -0.4 is 10.2 Å². The van der Waals surface area contributed by atoms with Gasteiger partial charge in [0.1, 0.15) is 6.07 Å². The average Bonchev–Trinajstić information content (AvgIpc) is 3.18. The van der Waals surface area contributed by atoms with Crippen molar-refractivity contribution in [2.45, 2.75) is 51.7 Å². The molecular formula is C16H23N3. The lowest BCUT2D eigenvalue weighted by atomic mass is 10.1. The highest BCUT2D eigenvalue weighted by molar-refractivity contribution is 5.61. The van der Waals surface area contributed by atoms with E-state index in [1.165, 1.54) is 18.4 Å². The minimum Gasteiger partial charge on any atom is -0.371 e. The van der Waals surface area contributed by atoms with Crippen LogP contribution in [-0.2, 0) is 6.54 Å². The molecule has 2 rings (SSSR count). The number of hydrogen-bond acceptors (Lipinski definition) is 3. The maximum absolute atomic E-state index is 9.32. The molecule has 0 unspecified atom stereocenters. The number of hydrogen-bond donors (Lipinski definition) is 1. The highest BCUT2D eigenvalue weighted by Crippen LogP contribution is 2.32. The van der Waals surface area contributed by atoms with Gasteiger partial charge in [0.05, 0.1) is 11.3 Å². The fraction of sp³-hybridized carbons (Fsp3) is 0.562. The van der Waals surface area contributed by atoms with Gasteiger partial charge in [-0.1, -0.05) is 6.07 Å². The normalized spacial score (nSPS) is 15.1. The summed E-state index contributed by atoms with van der Waals surface area (Å²) < 4.78 is 0. The Hall–Kier alpha value is -1.53. The number of nitriles is 1. The number of benzene rings is 1. The van der Waals surface area contributed by atoms with Gasteiger partial charge in [0, 0.05) is 25.2 Å². The summed E-state index contributed by atoms with van der Waals surface area (Å²) in [6, 6.07) is 9.16. The third-order valence-electron chi connectivity index (χ3n) is 3.48. The summed E-state index contributed by atoms with van der Waals surface area (Å²) in [5, 5.41) is 12.8. The third-order valence-corrected chi connectivity index (χ3v) is 3.48. The average molecular weight is 257 g/mol. The summed E-state index contributed by atoms with van der Waals surface area (Å²) in [5.41, 5.74) is 3.10. The van der Waals surface area contributed by atoms with Crippen molar-refractivity contribution in [1.82, 2.24) is 5.32 Å². The van der Waals surface area contributed by atoms with E-state index in [2.05, 4.69) is 56.2 Å². The summed E-state index contributed by atoms with van der Waals surface area (Å²) in [4.78, 5) is 2.24. The van der Waals surface area contributed by atoms with Crippen LogP contribution in [0, 0.1) is 11.3 Å². The fourth-order valence-electron chi connectivity index (χ4n) is 2.12. The summed E-state index contributed by atoms with van der Waals surface area (Å²) in [6.45, 7) is 7.24. The Bertz CT molecular complexity index is 490. The molecule has 19 heavy (non-hydrogen) atoms. The summed E-state index contributed by atoms with van der Waals surface area (Å²) in [7, 11) is 2.08. The molecule has 0 saturated heterocycles. The van der Waals surface area contributed by atoms with Gasteiger partial charge in [0.25, 0.3) is 0 Å². The summed E-state index contributed by atoms with van der Waals surface area (Å²) in [6.07, 6.45) is 2.49.